The lowest BCUT2D eigenvalue weighted by Crippen LogP contribution is -2.38. The molecular formula is C19H29ClN5O9P. The molecule has 0 aromatic carbocycles. The van der Waals surface area contributed by atoms with E-state index in [9.17, 15) is 29.7 Å². The van der Waals surface area contributed by atoms with Gasteiger partial charge in [-0.3, -0.25) is 4.57 Å². The molecule has 0 spiro atoms. The summed E-state index contributed by atoms with van der Waals surface area (Å²) in [4.78, 5) is 27.4. The molecule has 196 valence electrons. The number of rotatable bonds is 10. The number of aliphatic hydroxyl groups is 3. The molecular weight excluding hydrogens is 509 g/mol. The Morgan fingerprint density at radius 1 is 1.26 bits per heavy atom. The molecule has 0 radical (unpaired) electrons. The standard InChI is InChI=1S/C19H29ClN5O9P/c1-2-32-17(28)18(35(29,30)31)33-8-11-12(26)13(27)16(34-11)25-15-10(7-21-25)14(23-19(20)24-15)22-9-5-3-4-6-9/h7,9,11-13,16-18,26-28H,2-6,8H2,1H3,(H,22,23,24)(H2,29,30,31)/t11-,12-,13-,16-,17?,18?/m1/s1. The summed E-state index contributed by atoms with van der Waals surface area (Å²) in [6.45, 7) is 0.959. The minimum atomic E-state index is -4.93. The first kappa shape index (κ1) is 26.6. The van der Waals surface area contributed by atoms with Crippen LogP contribution in [0.2, 0.25) is 5.28 Å². The Kier molecular flexibility index (Phi) is 8.28. The Hall–Kier alpha value is -1.45. The molecule has 1 aliphatic carbocycles. The van der Waals surface area contributed by atoms with Crippen molar-refractivity contribution in [3.05, 3.63) is 11.5 Å². The summed E-state index contributed by atoms with van der Waals surface area (Å²) in [5.74, 6) is -1.50. The van der Waals surface area contributed by atoms with Crippen LogP contribution >= 0.6 is 19.2 Å². The minimum absolute atomic E-state index is 0.0151. The van der Waals surface area contributed by atoms with Gasteiger partial charge in [0.2, 0.25) is 11.1 Å². The predicted molar refractivity (Wildman–Crippen MR) is 122 cm³/mol. The van der Waals surface area contributed by atoms with Crippen molar-refractivity contribution < 1.29 is 43.9 Å². The van der Waals surface area contributed by atoms with Gasteiger partial charge in [-0.2, -0.15) is 15.1 Å². The van der Waals surface area contributed by atoms with E-state index in [1.165, 1.54) is 17.8 Å². The SMILES string of the molecule is CCOC(O)C(OC[C@H]1O[C@@H](n2ncc3c(NC4CCCC4)nc(Cl)nc32)[C@H](O)[C@@H]1O)P(=O)(O)O. The van der Waals surface area contributed by atoms with Crippen LogP contribution in [0.1, 0.15) is 38.8 Å². The first-order chi connectivity index (χ1) is 16.6. The molecule has 2 aromatic heterocycles. The molecule has 16 heteroatoms. The molecule has 4 rings (SSSR count). The van der Waals surface area contributed by atoms with Crippen LogP contribution in [0.5, 0.6) is 0 Å². The van der Waals surface area contributed by atoms with Gasteiger partial charge in [0, 0.05) is 12.6 Å². The second-order valence-electron chi connectivity index (χ2n) is 8.50. The van der Waals surface area contributed by atoms with Gasteiger partial charge in [0.05, 0.1) is 18.2 Å². The monoisotopic (exact) mass is 537 g/mol. The van der Waals surface area contributed by atoms with Gasteiger partial charge in [-0.05, 0) is 31.4 Å². The Balaban J connectivity index is 1.52. The maximum absolute atomic E-state index is 11.7. The minimum Gasteiger partial charge on any atom is -0.387 e. The maximum Gasteiger partial charge on any atom is 0.359 e. The van der Waals surface area contributed by atoms with E-state index in [4.69, 9.17) is 25.8 Å². The zero-order valence-corrected chi connectivity index (χ0v) is 20.5. The van der Waals surface area contributed by atoms with E-state index >= 15 is 0 Å². The highest BCUT2D eigenvalue weighted by atomic mass is 35.5. The smallest absolute Gasteiger partial charge is 0.359 e. The number of anilines is 1. The van der Waals surface area contributed by atoms with E-state index in [0.29, 0.717) is 11.2 Å². The molecule has 35 heavy (non-hydrogen) atoms. The van der Waals surface area contributed by atoms with Crippen LogP contribution in [0.3, 0.4) is 0 Å². The molecule has 3 heterocycles. The fraction of sp³-hybridized carbons (Fsp3) is 0.737. The third-order valence-corrected chi connectivity index (χ3v) is 7.28. The van der Waals surface area contributed by atoms with Crippen LogP contribution in [0.25, 0.3) is 11.0 Å². The van der Waals surface area contributed by atoms with Crippen molar-refractivity contribution in [1.82, 2.24) is 19.7 Å². The molecule has 2 fully saturated rings. The van der Waals surface area contributed by atoms with Gasteiger partial charge >= 0.3 is 7.60 Å². The van der Waals surface area contributed by atoms with Crippen LogP contribution in [0.4, 0.5) is 5.82 Å². The van der Waals surface area contributed by atoms with Gasteiger partial charge in [0.1, 0.15) is 24.1 Å². The topological polar surface area (TPSA) is 202 Å². The summed E-state index contributed by atoms with van der Waals surface area (Å²) in [7, 11) is -4.93. The number of aliphatic hydroxyl groups excluding tert-OH is 3. The van der Waals surface area contributed by atoms with E-state index in [0.717, 1.165) is 25.7 Å². The lowest BCUT2D eigenvalue weighted by Gasteiger charge is -2.25. The van der Waals surface area contributed by atoms with Crippen molar-refractivity contribution in [2.75, 3.05) is 18.5 Å². The van der Waals surface area contributed by atoms with Gasteiger partial charge in [-0.15, -0.1) is 0 Å². The normalized spacial score (nSPS) is 27.5. The molecule has 6 atom stereocenters. The largest absolute Gasteiger partial charge is 0.387 e. The number of hydrogen-bond acceptors (Lipinski definition) is 11. The number of halogens is 1. The lowest BCUT2D eigenvalue weighted by atomic mass is 10.1. The zero-order chi connectivity index (χ0) is 25.3. The van der Waals surface area contributed by atoms with E-state index in [1.54, 1.807) is 0 Å². The van der Waals surface area contributed by atoms with E-state index in [2.05, 4.69) is 20.4 Å². The Labute approximate surface area is 205 Å². The lowest BCUT2D eigenvalue weighted by molar-refractivity contribution is -0.168. The van der Waals surface area contributed by atoms with Crippen LogP contribution in [-0.4, -0.2) is 94.6 Å². The molecule has 1 aliphatic heterocycles. The van der Waals surface area contributed by atoms with Gasteiger partial charge in [-0.1, -0.05) is 12.8 Å². The van der Waals surface area contributed by atoms with Gasteiger partial charge in [0.25, 0.3) is 0 Å². The molecule has 2 unspecified atom stereocenters. The maximum atomic E-state index is 11.7. The van der Waals surface area contributed by atoms with Crippen molar-refractivity contribution in [3.63, 3.8) is 0 Å². The third-order valence-electron chi connectivity index (χ3n) is 6.04. The molecule has 0 bridgehead atoms. The highest BCUT2D eigenvalue weighted by Gasteiger charge is 2.47. The Morgan fingerprint density at radius 2 is 1.97 bits per heavy atom. The van der Waals surface area contributed by atoms with Crippen molar-refractivity contribution in [1.29, 1.82) is 0 Å². The van der Waals surface area contributed by atoms with E-state index in [1.807, 2.05) is 0 Å². The Bertz CT molecular complexity index is 1060. The third kappa shape index (κ3) is 5.77. The quantitative estimate of drug-likeness (QED) is 0.138. The number of hydrogen-bond donors (Lipinski definition) is 6. The summed E-state index contributed by atoms with van der Waals surface area (Å²) < 4.78 is 28.7. The van der Waals surface area contributed by atoms with Crippen molar-refractivity contribution in [3.8, 4) is 0 Å². The molecule has 1 saturated carbocycles. The van der Waals surface area contributed by atoms with Gasteiger partial charge in [0.15, 0.2) is 18.2 Å². The number of nitrogens with zero attached hydrogens (tertiary/aromatic N) is 4. The second kappa shape index (κ2) is 10.9. The number of nitrogens with one attached hydrogen (secondary N) is 1. The number of aromatic nitrogens is 4. The summed E-state index contributed by atoms with van der Waals surface area (Å²) in [5.41, 5.74) is 0.267. The summed E-state index contributed by atoms with van der Waals surface area (Å²) in [6, 6.07) is 0.248. The van der Waals surface area contributed by atoms with Crippen LogP contribution in [0, 0.1) is 0 Å². The van der Waals surface area contributed by atoms with E-state index in [-0.39, 0.29) is 23.6 Å². The molecule has 2 aromatic rings. The molecule has 0 amide bonds. The van der Waals surface area contributed by atoms with Crippen molar-refractivity contribution in [2.45, 2.75) is 75.3 Å². The molecule has 6 N–H and O–H groups in total. The van der Waals surface area contributed by atoms with Gasteiger partial charge in [-0.25, -0.2) is 4.68 Å². The molecule has 1 saturated heterocycles. The first-order valence-electron chi connectivity index (χ1n) is 11.3. The van der Waals surface area contributed by atoms with Crippen LogP contribution in [0.15, 0.2) is 6.20 Å². The zero-order valence-electron chi connectivity index (χ0n) is 18.8. The fourth-order valence-electron chi connectivity index (χ4n) is 4.32. The predicted octanol–water partition coefficient (Wildman–Crippen LogP) is 0.329. The van der Waals surface area contributed by atoms with Crippen molar-refractivity contribution in [2.24, 2.45) is 0 Å². The summed E-state index contributed by atoms with van der Waals surface area (Å²) in [5, 5.41) is 39.1. The summed E-state index contributed by atoms with van der Waals surface area (Å²) in [6.07, 6.45) is -1.54. The summed E-state index contributed by atoms with van der Waals surface area (Å²) >= 11 is 6.14. The average Bonchev–Trinajstić information content (AvgIpc) is 3.49. The first-order valence-corrected chi connectivity index (χ1v) is 13.3. The fourth-order valence-corrected chi connectivity index (χ4v) is 5.18. The molecule has 2 aliphatic rings. The van der Waals surface area contributed by atoms with E-state index < -0.39 is 50.9 Å². The highest BCUT2D eigenvalue weighted by molar-refractivity contribution is 7.52. The van der Waals surface area contributed by atoms with Crippen LogP contribution < -0.4 is 5.32 Å². The Morgan fingerprint density at radius 3 is 2.63 bits per heavy atom. The van der Waals surface area contributed by atoms with Gasteiger partial charge < -0.3 is 44.6 Å². The number of ether oxygens (including phenoxy) is 3. The average molecular weight is 538 g/mol. The highest BCUT2D eigenvalue weighted by Crippen LogP contribution is 2.44. The van der Waals surface area contributed by atoms with Crippen molar-refractivity contribution >= 4 is 36.0 Å². The molecule has 14 nitrogen and oxygen atoms in total. The second-order valence-corrected chi connectivity index (χ2v) is 10.5. The van der Waals surface area contributed by atoms with Crippen LogP contribution in [-0.2, 0) is 18.8 Å². The number of fused-ring (bicyclic) bond motifs is 1.